The van der Waals surface area contributed by atoms with Crippen LogP contribution in [0.2, 0.25) is 0 Å². The Morgan fingerprint density at radius 2 is 1.90 bits per heavy atom. The van der Waals surface area contributed by atoms with Gasteiger partial charge in [0.05, 0.1) is 6.04 Å². The third-order valence-electron chi connectivity index (χ3n) is 3.35. The summed E-state index contributed by atoms with van der Waals surface area (Å²) in [5, 5.41) is 6.52. The average molecular weight is 288 g/mol. The maximum absolute atomic E-state index is 13.8. The number of hydrogen-bond acceptors (Lipinski definition) is 4. The van der Waals surface area contributed by atoms with E-state index in [1.807, 2.05) is 19.9 Å². The van der Waals surface area contributed by atoms with Crippen molar-refractivity contribution in [1.29, 1.82) is 0 Å². The molecule has 0 fully saturated rings. The van der Waals surface area contributed by atoms with Gasteiger partial charge in [-0.25, -0.2) is 14.4 Å². The maximum atomic E-state index is 13.8. The average Bonchev–Trinajstić information content (AvgIpc) is 2.48. The number of nitrogens with one attached hydrogen (secondary N) is 2. The minimum atomic E-state index is -0.214. The number of anilines is 2. The zero-order valence-corrected chi connectivity index (χ0v) is 12.7. The summed E-state index contributed by atoms with van der Waals surface area (Å²) >= 11 is 0. The topological polar surface area (TPSA) is 49.8 Å². The largest absolute Gasteiger partial charge is 0.370 e. The second-order valence-corrected chi connectivity index (χ2v) is 5.01. The molecule has 2 N–H and O–H groups in total. The molecule has 1 unspecified atom stereocenters. The number of rotatable bonds is 6. The zero-order valence-electron chi connectivity index (χ0n) is 12.7. The van der Waals surface area contributed by atoms with E-state index in [2.05, 4.69) is 27.5 Å². The van der Waals surface area contributed by atoms with Gasteiger partial charge in [-0.15, -0.1) is 0 Å². The summed E-state index contributed by atoms with van der Waals surface area (Å²) in [7, 11) is 0. The quantitative estimate of drug-likeness (QED) is 0.846. The van der Waals surface area contributed by atoms with Gasteiger partial charge in [-0.05, 0) is 26.3 Å². The summed E-state index contributed by atoms with van der Waals surface area (Å²) in [5.74, 6) is 1.32. The molecule has 0 bridgehead atoms. The first-order chi connectivity index (χ1) is 10.1. The Morgan fingerprint density at radius 3 is 2.62 bits per heavy atom. The van der Waals surface area contributed by atoms with Crippen molar-refractivity contribution in [2.45, 2.75) is 33.2 Å². The van der Waals surface area contributed by atoms with Crippen LogP contribution in [-0.4, -0.2) is 16.5 Å². The van der Waals surface area contributed by atoms with Gasteiger partial charge in [-0.3, -0.25) is 0 Å². The van der Waals surface area contributed by atoms with E-state index >= 15 is 0 Å². The fraction of sp³-hybridized carbons (Fsp3) is 0.375. The van der Waals surface area contributed by atoms with Crippen LogP contribution < -0.4 is 10.6 Å². The molecule has 4 nitrogen and oxygen atoms in total. The molecule has 0 aliphatic heterocycles. The highest BCUT2D eigenvalue weighted by molar-refractivity contribution is 5.57. The summed E-state index contributed by atoms with van der Waals surface area (Å²) < 4.78 is 13.8. The molecular weight excluding hydrogens is 267 g/mol. The molecule has 1 aromatic heterocycles. The highest BCUT2D eigenvalue weighted by atomic mass is 19.1. The molecule has 1 aromatic carbocycles. The van der Waals surface area contributed by atoms with Crippen LogP contribution in [0.1, 0.15) is 37.4 Å². The summed E-state index contributed by atoms with van der Waals surface area (Å²) in [5.41, 5.74) is 1.56. The number of halogens is 1. The van der Waals surface area contributed by atoms with Crippen molar-refractivity contribution in [2.75, 3.05) is 17.2 Å². The van der Waals surface area contributed by atoms with Crippen molar-refractivity contribution in [1.82, 2.24) is 9.97 Å². The van der Waals surface area contributed by atoms with Crippen molar-refractivity contribution in [3.8, 4) is 0 Å². The SMILES string of the molecule is CCCNc1ncnc(NC(C)c2ccccc2F)c1C. The molecule has 112 valence electrons. The molecule has 0 spiro atoms. The van der Waals surface area contributed by atoms with Gasteiger partial charge in [0.25, 0.3) is 0 Å². The van der Waals surface area contributed by atoms with E-state index in [9.17, 15) is 4.39 Å². The molecule has 21 heavy (non-hydrogen) atoms. The van der Waals surface area contributed by atoms with Crippen LogP contribution in [0, 0.1) is 12.7 Å². The fourth-order valence-corrected chi connectivity index (χ4v) is 2.13. The summed E-state index contributed by atoms with van der Waals surface area (Å²) in [6.07, 6.45) is 2.54. The Labute approximate surface area is 124 Å². The first-order valence-corrected chi connectivity index (χ1v) is 7.20. The van der Waals surface area contributed by atoms with Gasteiger partial charge in [0.15, 0.2) is 0 Å². The minimum Gasteiger partial charge on any atom is -0.370 e. The van der Waals surface area contributed by atoms with E-state index in [1.165, 1.54) is 12.4 Å². The number of hydrogen-bond donors (Lipinski definition) is 2. The minimum absolute atomic E-state index is 0.168. The number of benzene rings is 1. The Bertz CT molecular complexity index is 601. The van der Waals surface area contributed by atoms with Crippen LogP contribution in [0.3, 0.4) is 0 Å². The molecule has 0 saturated heterocycles. The fourth-order valence-electron chi connectivity index (χ4n) is 2.13. The van der Waals surface area contributed by atoms with Crippen LogP contribution in [0.5, 0.6) is 0 Å². The van der Waals surface area contributed by atoms with Crippen molar-refractivity contribution in [3.05, 3.63) is 47.5 Å². The highest BCUT2D eigenvalue weighted by Crippen LogP contribution is 2.24. The summed E-state index contributed by atoms with van der Waals surface area (Å²) in [6, 6.07) is 6.60. The lowest BCUT2D eigenvalue weighted by Gasteiger charge is -2.18. The molecule has 1 heterocycles. The molecule has 0 saturated carbocycles. The molecule has 0 amide bonds. The number of nitrogens with zero attached hydrogens (tertiary/aromatic N) is 2. The van der Waals surface area contributed by atoms with Crippen LogP contribution >= 0.6 is 0 Å². The second-order valence-electron chi connectivity index (χ2n) is 5.01. The molecule has 5 heteroatoms. The van der Waals surface area contributed by atoms with Gasteiger partial charge in [-0.1, -0.05) is 25.1 Å². The predicted octanol–water partition coefficient (Wildman–Crippen LogP) is 3.92. The monoisotopic (exact) mass is 288 g/mol. The molecule has 2 rings (SSSR count). The standard InChI is InChI=1S/C16H21FN4/c1-4-9-18-15-11(2)16(20-10-19-15)21-12(3)13-7-5-6-8-14(13)17/h5-8,10,12H,4,9H2,1-3H3,(H2,18,19,20,21). The predicted molar refractivity (Wildman–Crippen MR) is 84.0 cm³/mol. The van der Waals surface area contributed by atoms with Crippen LogP contribution in [0.25, 0.3) is 0 Å². The molecule has 0 aliphatic carbocycles. The highest BCUT2D eigenvalue weighted by Gasteiger charge is 2.13. The Balaban J connectivity index is 2.18. The first-order valence-electron chi connectivity index (χ1n) is 7.20. The molecule has 1 atom stereocenters. The van der Waals surface area contributed by atoms with Gasteiger partial charge in [0, 0.05) is 17.7 Å². The van der Waals surface area contributed by atoms with E-state index < -0.39 is 0 Å². The first kappa shape index (κ1) is 15.2. The second kappa shape index (κ2) is 7.02. The van der Waals surface area contributed by atoms with Crippen molar-refractivity contribution < 1.29 is 4.39 Å². The van der Waals surface area contributed by atoms with Gasteiger partial charge in [0.2, 0.25) is 0 Å². The zero-order chi connectivity index (χ0) is 15.2. The smallest absolute Gasteiger partial charge is 0.134 e. The Kier molecular flexibility index (Phi) is 5.09. The van der Waals surface area contributed by atoms with Crippen LogP contribution in [0.15, 0.2) is 30.6 Å². The van der Waals surface area contributed by atoms with E-state index in [0.29, 0.717) is 5.56 Å². The summed E-state index contributed by atoms with van der Waals surface area (Å²) in [4.78, 5) is 8.50. The lowest BCUT2D eigenvalue weighted by atomic mass is 10.1. The van der Waals surface area contributed by atoms with Gasteiger partial charge < -0.3 is 10.6 Å². The Morgan fingerprint density at radius 1 is 1.19 bits per heavy atom. The Hall–Kier alpha value is -2.17. The molecule has 2 aromatic rings. The van der Waals surface area contributed by atoms with Gasteiger partial charge in [-0.2, -0.15) is 0 Å². The van der Waals surface area contributed by atoms with Crippen molar-refractivity contribution in [3.63, 3.8) is 0 Å². The van der Waals surface area contributed by atoms with Crippen LogP contribution in [0.4, 0.5) is 16.0 Å². The van der Waals surface area contributed by atoms with Crippen molar-refractivity contribution in [2.24, 2.45) is 0 Å². The summed E-state index contributed by atoms with van der Waals surface area (Å²) in [6.45, 7) is 6.83. The maximum Gasteiger partial charge on any atom is 0.134 e. The normalized spacial score (nSPS) is 12.0. The third kappa shape index (κ3) is 3.68. The van der Waals surface area contributed by atoms with Gasteiger partial charge in [0.1, 0.15) is 23.8 Å². The van der Waals surface area contributed by atoms with E-state index in [0.717, 1.165) is 30.2 Å². The third-order valence-corrected chi connectivity index (χ3v) is 3.35. The van der Waals surface area contributed by atoms with E-state index in [-0.39, 0.29) is 11.9 Å². The van der Waals surface area contributed by atoms with Gasteiger partial charge >= 0.3 is 0 Å². The molecule has 0 radical (unpaired) electrons. The lowest BCUT2D eigenvalue weighted by Crippen LogP contribution is -2.13. The molecule has 0 aliphatic rings. The lowest BCUT2D eigenvalue weighted by molar-refractivity contribution is 0.600. The van der Waals surface area contributed by atoms with Crippen LogP contribution in [-0.2, 0) is 0 Å². The molecular formula is C16H21FN4. The van der Waals surface area contributed by atoms with Crippen molar-refractivity contribution >= 4 is 11.6 Å². The number of aromatic nitrogens is 2. The van der Waals surface area contributed by atoms with E-state index in [4.69, 9.17) is 0 Å². The van der Waals surface area contributed by atoms with E-state index in [1.54, 1.807) is 12.1 Å².